The van der Waals surface area contributed by atoms with E-state index in [1.54, 1.807) is 16.6 Å². The molecule has 102 valence electrons. The second-order valence-corrected chi connectivity index (χ2v) is 5.51. The molecule has 1 fully saturated rings. The second kappa shape index (κ2) is 5.24. The van der Waals surface area contributed by atoms with Crippen LogP contribution >= 0.6 is 11.9 Å². The molecule has 1 heterocycles. The average Bonchev–Trinajstić information content (AvgIpc) is 3.21. The van der Waals surface area contributed by atoms with E-state index >= 15 is 0 Å². The number of non-ortho nitro benzene ring substituents is 1. The van der Waals surface area contributed by atoms with Gasteiger partial charge in [0.1, 0.15) is 0 Å². The van der Waals surface area contributed by atoms with Gasteiger partial charge in [-0.3, -0.25) is 15.0 Å². The summed E-state index contributed by atoms with van der Waals surface area (Å²) < 4.78 is 1.77. The minimum absolute atomic E-state index is 0.0899. The van der Waals surface area contributed by atoms with Crippen molar-refractivity contribution in [2.24, 2.45) is 0 Å². The highest BCUT2D eigenvalue weighted by atomic mass is 32.2. The van der Waals surface area contributed by atoms with Gasteiger partial charge in [0.15, 0.2) is 6.23 Å². The van der Waals surface area contributed by atoms with Gasteiger partial charge in [0.2, 0.25) is 0 Å². The third-order valence-electron chi connectivity index (χ3n) is 2.96. The zero-order valence-corrected chi connectivity index (χ0v) is 11.5. The minimum Gasteiger partial charge on any atom is -0.258 e. The molecule has 0 amide bonds. The van der Waals surface area contributed by atoms with Gasteiger partial charge in [-0.25, -0.2) is 0 Å². The maximum Gasteiger partial charge on any atom is 0.269 e. The van der Waals surface area contributed by atoms with Crippen molar-refractivity contribution in [3.05, 3.63) is 69.8 Å². The van der Waals surface area contributed by atoms with E-state index in [0.717, 1.165) is 10.5 Å². The van der Waals surface area contributed by atoms with Gasteiger partial charge in [-0.1, -0.05) is 22.2 Å². The molecule has 0 bridgehead atoms. The Hall–Kier alpha value is -1.89. The second-order valence-electron chi connectivity index (χ2n) is 4.50. The van der Waals surface area contributed by atoms with E-state index in [4.69, 9.17) is 4.84 Å². The van der Waals surface area contributed by atoms with E-state index in [0.29, 0.717) is 0 Å². The molecule has 20 heavy (non-hydrogen) atoms. The molecule has 2 aromatic carbocycles. The molecule has 2 atom stereocenters. The Morgan fingerprint density at radius 3 is 2.40 bits per heavy atom. The highest BCUT2D eigenvalue weighted by molar-refractivity contribution is 7.97. The summed E-state index contributed by atoms with van der Waals surface area (Å²) in [5.74, 6) is 0. The van der Waals surface area contributed by atoms with Crippen molar-refractivity contribution in [2.75, 3.05) is 0 Å². The minimum atomic E-state index is -0.406. The van der Waals surface area contributed by atoms with Crippen molar-refractivity contribution in [3.8, 4) is 0 Å². The van der Waals surface area contributed by atoms with Gasteiger partial charge in [-0.2, -0.15) is 0 Å². The van der Waals surface area contributed by atoms with Crippen molar-refractivity contribution < 1.29 is 9.76 Å². The summed E-state index contributed by atoms with van der Waals surface area (Å²) in [4.78, 5) is 16.7. The number of nitro benzene ring substituents is 1. The molecular weight excluding hydrogens is 276 g/mol. The van der Waals surface area contributed by atoms with Crippen LogP contribution in [0.15, 0.2) is 53.4 Å². The molecule has 6 heteroatoms. The van der Waals surface area contributed by atoms with Gasteiger partial charge in [0.05, 0.1) is 4.92 Å². The summed E-state index contributed by atoms with van der Waals surface area (Å²) >= 11 is 1.51. The average molecular weight is 288 g/mol. The summed E-state index contributed by atoms with van der Waals surface area (Å²) in [6.45, 7) is 2.04. The van der Waals surface area contributed by atoms with Gasteiger partial charge in [0.25, 0.3) is 5.69 Å². The Labute approximate surface area is 120 Å². The Morgan fingerprint density at radius 1 is 1.15 bits per heavy atom. The fraction of sp³-hybridized carbons (Fsp3) is 0.143. The zero-order valence-electron chi connectivity index (χ0n) is 10.7. The first-order valence-electron chi connectivity index (χ1n) is 6.08. The predicted octanol–water partition coefficient (Wildman–Crippen LogP) is 3.86. The lowest BCUT2D eigenvalue weighted by atomic mass is 10.2. The maximum atomic E-state index is 10.6. The molecule has 5 nitrogen and oxygen atoms in total. The van der Waals surface area contributed by atoms with Crippen LogP contribution in [-0.2, 0) is 4.84 Å². The molecule has 2 unspecified atom stereocenters. The van der Waals surface area contributed by atoms with E-state index in [1.165, 1.54) is 29.6 Å². The molecule has 0 N–H and O–H groups in total. The summed E-state index contributed by atoms with van der Waals surface area (Å²) in [7, 11) is 0. The Morgan fingerprint density at radius 2 is 1.80 bits per heavy atom. The van der Waals surface area contributed by atoms with E-state index in [2.05, 4.69) is 0 Å². The van der Waals surface area contributed by atoms with Gasteiger partial charge in [0, 0.05) is 22.6 Å². The van der Waals surface area contributed by atoms with Crippen LogP contribution in [0, 0.1) is 17.0 Å². The largest absolute Gasteiger partial charge is 0.269 e. The molecule has 3 rings (SSSR count). The highest BCUT2D eigenvalue weighted by Gasteiger charge is 2.39. The number of benzene rings is 2. The first-order chi connectivity index (χ1) is 9.63. The van der Waals surface area contributed by atoms with Gasteiger partial charge in [-0.05, 0) is 43.1 Å². The lowest BCUT2D eigenvalue weighted by Gasteiger charge is -1.99. The number of hydrogen-bond donors (Lipinski definition) is 0. The maximum absolute atomic E-state index is 10.6. The SMILES string of the molecule is Cc1ccc(SN2OC2c2ccc([N+](=O)[O-])cc2)cc1. The van der Waals surface area contributed by atoms with Crippen molar-refractivity contribution in [3.63, 3.8) is 0 Å². The molecule has 2 aromatic rings. The Balaban J connectivity index is 1.63. The van der Waals surface area contributed by atoms with Crippen molar-refractivity contribution in [2.45, 2.75) is 18.0 Å². The summed E-state index contributed by atoms with van der Waals surface area (Å²) in [5, 5.41) is 10.6. The number of nitrogens with zero attached hydrogens (tertiary/aromatic N) is 2. The molecule has 0 aromatic heterocycles. The predicted molar refractivity (Wildman–Crippen MR) is 75.8 cm³/mol. The van der Waals surface area contributed by atoms with Crippen LogP contribution in [0.3, 0.4) is 0 Å². The Bertz CT molecular complexity index is 628. The first kappa shape index (κ1) is 13.1. The number of hydroxylamine groups is 1. The van der Waals surface area contributed by atoms with Crippen molar-refractivity contribution >= 4 is 17.6 Å². The van der Waals surface area contributed by atoms with Crippen LogP contribution in [0.5, 0.6) is 0 Å². The number of nitro groups is 1. The van der Waals surface area contributed by atoms with Crippen LogP contribution in [0.2, 0.25) is 0 Å². The van der Waals surface area contributed by atoms with Crippen molar-refractivity contribution in [1.29, 1.82) is 0 Å². The van der Waals surface area contributed by atoms with Crippen molar-refractivity contribution in [1.82, 2.24) is 4.47 Å². The van der Waals surface area contributed by atoms with Crippen LogP contribution in [0.25, 0.3) is 0 Å². The number of rotatable bonds is 4. The molecule has 0 saturated carbocycles. The van der Waals surface area contributed by atoms with E-state index in [1.807, 2.05) is 31.2 Å². The lowest BCUT2D eigenvalue weighted by molar-refractivity contribution is -0.384. The van der Waals surface area contributed by atoms with Gasteiger partial charge in [-0.15, -0.1) is 0 Å². The third kappa shape index (κ3) is 2.82. The van der Waals surface area contributed by atoms with E-state index in [-0.39, 0.29) is 11.9 Å². The molecule has 1 aliphatic heterocycles. The first-order valence-corrected chi connectivity index (χ1v) is 6.86. The molecule has 0 radical (unpaired) electrons. The fourth-order valence-electron chi connectivity index (χ4n) is 1.79. The summed E-state index contributed by atoms with van der Waals surface area (Å²) in [5.41, 5.74) is 2.22. The van der Waals surface area contributed by atoms with E-state index in [9.17, 15) is 10.1 Å². The van der Waals surface area contributed by atoms with Crippen LogP contribution in [0.4, 0.5) is 5.69 Å². The standard InChI is InChI=1S/C14H12N2O3S/c1-10-2-8-13(9-3-10)20-16-14(19-16)11-4-6-12(7-5-11)15(17)18/h2-9,14H,1H3. The fourth-order valence-corrected chi connectivity index (χ4v) is 2.59. The quantitative estimate of drug-likeness (QED) is 0.370. The normalized spacial score (nSPS) is 20.6. The van der Waals surface area contributed by atoms with Gasteiger partial charge >= 0.3 is 0 Å². The van der Waals surface area contributed by atoms with Crippen LogP contribution in [-0.4, -0.2) is 9.39 Å². The smallest absolute Gasteiger partial charge is 0.258 e. The topological polar surface area (TPSA) is 58.7 Å². The summed E-state index contributed by atoms with van der Waals surface area (Å²) in [6.07, 6.45) is -0.137. The zero-order chi connectivity index (χ0) is 14.1. The molecule has 1 aliphatic rings. The molecule has 0 spiro atoms. The van der Waals surface area contributed by atoms with E-state index < -0.39 is 4.92 Å². The lowest BCUT2D eigenvalue weighted by Crippen LogP contribution is -1.90. The van der Waals surface area contributed by atoms with Crippen LogP contribution < -0.4 is 0 Å². The third-order valence-corrected chi connectivity index (χ3v) is 3.90. The number of hydrogen-bond acceptors (Lipinski definition) is 5. The highest BCUT2D eigenvalue weighted by Crippen LogP contribution is 2.46. The number of aryl methyl sites for hydroxylation is 1. The molecule has 0 aliphatic carbocycles. The van der Waals surface area contributed by atoms with Crippen LogP contribution in [0.1, 0.15) is 17.4 Å². The molecule has 1 saturated heterocycles. The Kier molecular flexibility index (Phi) is 3.43. The summed E-state index contributed by atoms with van der Waals surface area (Å²) in [6, 6.07) is 14.6. The monoisotopic (exact) mass is 288 g/mol. The van der Waals surface area contributed by atoms with Gasteiger partial charge < -0.3 is 0 Å². The molecular formula is C14H12N2O3S.